The molecule has 26 heavy (non-hydrogen) atoms. The molecule has 3 aromatic rings. The Bertz CT molecular complexity index is 853. The van der Waals surface area contributed by atoms with Gasteiger partial charge in [-0.1, -0.05) is 74.3 Å². The van der Waals surface area contributed by atoms with Crippen LogP contribution in [0.15, 0.2) is 55.1 Å². The molecule has 1 aromatic heterocycles. The highest BCUT2D eigenvalue weighted by Crippen LogP contribution is 2.24. The third-order valence-corrected chi connectivity index (χ3v) is 4.87. The lowest BCUT2D eigenvalue weighted by Gasteiger charge is -2.26. The smallest absolute Gasteiger partial charge is 0.139 e. The topological polar surface area (TPSA) is 34.0 Å². The molecule has 0 saturated carbocycles. The molecule has 0 aliphatic rings. The minimum Gasteiger partial charge on any atom is -0.301 e. The van der Waals surface area contributed by atoms with E-state index in [9.17, 15) is 0 Å². The van der Waals surface area contributed by atoms with Gasteiger partial charge >= 0.3 is 0 Å². The van der Waals surface area contributed by atoms with Crippen molar-refractivity contribution in [2.75, 3.05) is 5.01 Å². The largest absolute Gasteiger partial charge is 0.301 e. The van der Waals surface area contributed by atoms with E-state index in [0.29, 0.717) is 23.1 Å². The maximum atomic E-state index is 6.36. The Morgan fingerprint density at radius 2 is 1.58 bits per heavy atom. The van der Waals surface area contributed by atoms with Gasteiger partial charge in [0.05, 0.1) is 13.1 Å². The summed E-state index contributed by atoms with van der Waals surface area (Å²) in [5.41, 5.74) is 3.66. The molecule has 0 aliphatic heterocycles. The summed E-state index contributed by atoms with van der Waals surface area (Å²) in [5.74, 6) is 0. The van der Waals surface area contributed by atoms with Crippen LogP contribution < -0.4 is 5.01 Å². The molecule has 4 nitrogen and oxygen atoms in total. The average Bonchev–Trinajstić information content (AvgIpc) is 3.10. The molecule has 136 valence electrons. The number of hydrogen-bond donors (Lipinski definition) is 0. The second-order valence-electron chi connectivity index (χ2n) is 7.35. The molecule has 0 unspecified atom stereocenters. The summed E-state index contributed by atoms with van der Waals surface area (Å²) >= 11 is 12.4. The number of nitrogens with zero attached hydrogens (tertiary/aromatic N) is 4. The van der Waals surface area contributed by atoms with Crippen molar-refractivity contribution in [3.05, 3.63) is 81.9 Å². The molecule has 2 aromatic carbocycles. The zero-order valence-corrected chi connectivity index (χ0v) is 16.7. The summed E-state index contributed by atoms with van der Waals surface area (Å²) in [4.78, 5) is 0. The van der Waals surface area contributed by atoms with E-state index in [4.69, 9.17) is 23.2 Å². The second kappa shape index (κ2) is 7.68. The van der Waals surface area contributed by atoms with Gasteiger partial charge in [0.1, 0.15) is 12.7 Å². The van der Waals surface area contributed by atoms with Crippen LogP contribution >= 0.6 is 23.2 Å². The molecule has 0 bridgehead atoms. The van der Waals surface area contributed by atoms with Gasteiger partial charge in [-0.2, -0.15) is 0 Å². The van der Waals surface area contributed by atoms with Crippen molar-refractivity contribution in [1.29, 1.82) is 0 Å². The molecule has 0 N–H and O–H groups in total. The van der Waals surface area contributed by atoms with Crippen molar-refractivity contribution < 1.29 is 0 Å². The molecular formula is C20H22Cl2N4. The van der Waals surface area contributed by atoms with Gasteiger partial charge < -0.3 is 5.01 Å². The van der Waals surface area contributed by atoms with Crippen LogP contribution in [0, 0.1) is 0 Å². The van der Waals surface area contributed by atoms with Gasteiger partial charge in [0.2, 0.25) is 0 Å². The van der Waals surface area contributed by atoms with Gasteiger partial charge in [-0.25, -0.2) is 4.68 Å². The monoisotopic (exact) mass is 388 g/mol. The van der Waals surface area contributed by atoms with E-state index >= 15 is 0 Å². The van der Waals surface area contributed by atoms with E-state index in [1.807, 2.05) is 16.8 Å². The fraction of sp³-hybridized carbons (Fsp3) is 0.300. The Kier molecular flexibility index (Phi) is 5.54. The number of aromatic nitrogens is 3. The minimum atomic E-state index is 0.142. The predicted molar refractivity (Wildman–Crippen MR) is 107 cm³/mol. The Morgan fingerprint density at radius 1 is 0.923 bits per heavy atom. The van der Waals surface area contributed by atoms with Gasteiger partial charge in [0, 0.05) is 10.0 Å². The minimum absolute atomic E-state index is 0.142. The van der Waals surface area contributed by atoms with Crippen molar-refractivity contribution >= 4 is 23.2 Å². The fourth-order valence-corrected chi connectivity index (χ4v) is 3.20. The molecule has 0 amide bonds. The molecule has 3 rings (SSSR count). The maximum absolute atomic E-state index is 6.36. The Balaban J connectivity index is 1.83. The number of hydrogen-bond acceptors (Lipinski definition) is 3. The zero-order chi connectivity index (χ0) is 18.7. The number of rotatable bonds is 5. The molecule has 0 atom stereocenters. The van der Waals surface area contributed by atoms with Gasteiger partial charge in [-0.3, -0.25) is 0 Å². The Hall–Kier alpha value is -2.04. The highest BCUT2D eigenvalue weighted by molar-refractivity contribution is 6.35. The normalized spacial score (nSPS) is 11.6. The van der Waals surface area contributed by atoms with Crippen LogP contribution in [-0.2, 0) is 18.5 Å². The van der Waals surface area contributed by atoms with Crippen molar-refractivity contribution in [1.82, 2.24) is 14.9 Å². The molecule has 0 radical (unpaired) electrons. The maximum Gasteiger partial charge on any atom is 0.139 e. The average molecular weight is 389 g/mol. The summed E-state index contributed by atoms with van der Waals surface area (Å²) in [6.45, 7) is 7.98. The predicted octanol–water partition coefficient (Wildman–Crippen LogP) is 5.22. The summed E-state index contributed by atoms with van der Waals surface area (Å²) in [6.07, 6.45) is 3.38. The molecule has 1 heterocycles. The number of benzene rings is 2. The van der Waals surface area contributed by atoms with Crippen LogP contribution in [0.5, 0.6) is 0 Å². The van der Waals surface area contributed by atoms with Crippen molar-refractivity contribution in [2.45, 2.75) is 39.3 Å². The van der Waals surface area contributed by atoms with Crippen LogP contribution in [0.4, 0.5) is 0 Å². The molecule has 0 aliphatic carbocycles. The third-order valence-electron chi connectivity index (χ3n) is 4.29. The van der Waals surface area contributed by atoms with Crippen molar-refractivity contribution in [3.8, 4) is 0 Å². The molecule has 0 fully saturated rings. The summed E-state index contributed by atoms with van der Waals surface area (Å²) in [5, 5.41) is 11.3. The summed E-state index contributed by atoms with van der Waals surface area (Å²) < 4.78 is 1.88. The SMILES string of the molecule is CC(C)(C)c1ccc(CN(Cc2ccc(Cl)cc2Cl)n2cnnc2)cc1. The third kappa shape index (κ3) is 4.57. The molecular weight excluding hydrogens is 367 g/mol. The van der Waals surface area contributed by atoms with E-state index in [0.717, 1.165) is 5.56 Å². The van der Waals surface area contributed by atoms with Crippen LogP contribution in [0.2, 0.25) is 10.0 Å². The molecule has 0 spiro atoms. The van der Waals surface area contributed by atoms with E-state index in [-0.39, 0.29) is 5.41 Å². The highest BCUT2D eigenvalue weighted by Gasteiger charge is 2.14. The van der Waals surface area contributed by atoms with Gasteiger partial charge in [-0.15, -0.1) is 10.2 Å². The molecule has 0 saturated heterocycles. The van der Waals surface area contributed by atoms with Gasteiger partial charge in [0.15, 0.2) is 0 Å². The van der Waals surface area contributed by atoms with Crippen LogP contribution in [0.25, 0.3) is 0 Å². The van der Waals surface area contributed by atoms with Crippen LogP contribution in [0.3, 0.4) is 0 Å². The van der Waals surface area contributed by atoms with E-state index in [2.05, 4.69) is 60.2 Å². The molecule has 6 heteroatoms. The second-order valence-corrected chi connectivity index (χ2v) is 8.19. The van der Waals surface area contributed by atoms with Crippen LogP contribution in [-0.4, -0.2) is 14.9 Å². The van der Waals surface area contributed by atoms with Gasteiger partial charge in [-0.05, 0) is 34.2 Å². The lowest BCUT2D eigenvalue weighted by molar-refractivity contribution is 0.572. The zero-order valence-electron chi connectivity index (χ0n) is 15.2. The van der Waals surface area contributed by atoms with Crippen molar-refractivity contribution in [2.24, 2.45) is 0 Å². The first-order chi connectivity index (χ1) is 12.3. The van der Waals surface area contributed by atoms with Crippen molar-refractivity contribution in [3.63, 3.8) is 0 Å². The Labute approximate surface area is 164 Å². The highest BCUT2D eigenvalue weighted by atomic mass is 35.5. The first kappa shape index (κ1) is 18.7. The summed E-state index contributed by atoms with van der Waals surface area (Å²) in [6, 6.07) is 14.3. The standard InChI is InChI=1S/C20H22Cl2N4/c1-20(2,3)17-7-4-15(5-8-17)11-25(26-13-23-24-14-26)12-16-6-9-18(21)10-19(16)22/h4-10,13-14H,11-12H2,1-3H3. The number of halogens is 2. The first-order valence-corrected chi connectivity index (χ1v) is 9.22. The lowest BCUT2D eigenvalue weighted by Crippen LogP contribution is -2.32. The fourth-order valence-electron chi connectivity index (χ4n) is 2.73. The summed E-state index contributed by atoms with van der Waals surface area (Å²) in [7, 11) is 0. The Morgan fingerprint density at radius 3 is 2.15 bits per heavy atom. The van der Waals surface area contributed by atoms with E-state index in [1.54, 1.807) is 18.7 Å². The van der Waals surface area contributed by atoms with Crippen LogP contribution in [0.1, 0.15) is 37.5 Å². The van der Waals surface area contributed by atoms with E-state index < -0.39 is 0 Å². The quantitative estimate of drug-likeness (QED) is 0.600. The van der Waals surface area contributed by atoms with E-state index in [1.165, 1.54) is 11.1 Å². The van der Waals surface area contributed by atoms with Gasteiger partial charge in [0.25, 0.3) is 0 Å². The first-order valence-electron chi connectivity index (χ1n) is 8.46. The lowest BCUT2D eigenvalue weighted by atomic mass is 9.87.